The summed E-state index contributed by atoms with van der Waals surface area (Å²) in [5.74, 6) is 0.318. The van der Waals surface area contributed by atoms with E-state index >= 15 is 0 Å². The van der Waals surface area contributed by atoms with Crippen LogP contribution in [0.4, 0.5) is 0 Å². The quantitative estimate of drug-likeness (QED) is 0.544. The van der Waals surface area contributed by atoms with Gasteiger partial charge >= 0.3 is 0 Å². The number of aryl methyl sites for hydroxylation is 2. The van der Waals surface area contributed by atoms with Gasteiger partial charge in [0.15, 0.2) is 0 Å². The molecule has 3 aromatic rings. The molecule has 1 heterocycles. The molecule has 1 aliphatic heterocycles. The van der Waals surface area contributed by atoms with E-state index < -0.39 is 10.0 Å². The Hall–Kier alpha value is -3.16. The zero-order chi connectivity index (χ0) is 24.1. The van der Waals surface area contributed by atoms with Crippen LogP contribution in [0, 0.1) is 13.8 Å². The lowest BCUT2D eigenvalue weighted by molar-refractivity contribution is 0.0919. The van der Waals surface area contributed by atoms with Crippen molar-refractivity contribution in [2.45, 2.75) is 44.2 Å². The van der Waals surface area contributed by atoms with Crippen LogP contribution in [-0.4, -0.2) is 37.8 Å². The number of ether oxygens (including phenoxy) is 1. The maximum atomic E-state index is 13.1. The molecule has 0 bridgehead atoms. The normalized spacial score (nSPS) is 15.1. The minimum Gasteiger partial charge on any atom is -0.488 e. The number of piperidine rings is 1. The van der Waals surface area contributed by atoms with Crippen molar-refractivity contribution in [3.8, 4) is 5.75 Å². The van der Waals surface area contributed by atoms with E-state index in [-0.39, 0.29) is 11.9 Å². The van der Waals surface area contributed by atoms with Gasteiger partial charge in [-0.2, -0.15) is 4.31 Å². The Morgan fingerprint density at radius 1 is 0.941 bits per heavy atom. The second-order valence-electron chi connectivity index (χ2n) is 8.75. The topological polar surface area (TPSA) is 75.7 Å². The number of carbonyl (C=O) groups excluding carboxylic acids is 1. The average molecular weight is 479 g/mol. The van der Waals surface area contributed by atoms with Crippen molar-refractivity contribution < 1.29 is 17.9 Å². The van der Waals surface area contributed by atoms with Crippen molar-refractivity contribution in [3.05, 3.63) is 95.1 Å². The highest BCUT2D eigenvalue weighted by Gasteiger charge is 2.30. The third-order valence-corrected chi connectivity index (χ3v) is 7.87. The highest BCUT2D eigenvalue weighted by molar-refractivity contribution is 7.89. The smallest absolute Gasteiger partial charge is 0.255 e. The Morgan fingerprint density at radius 2 is 1.56 bits per heavy atom. The molecule has 0 spiro atoms. The fourth-order valence-corrected chi connectivity index (χ4v) is 5.91. The number of hydrogen-bond acceptors (Lipinski definition) is 4. The Bertz CT molecular complexity index is 1230. The summed E-state index contributed by atoms with van der Waals surface area (Å²) in [6.07, 6.45) is 1.12. The summed E-state index contributed by atoms with van der Waals surface area (Å²) in [6, 6.07) is 22.3. The second kappa shape index (κ2) is 10.4. The Balaban J connectivity index is 1.37. The number of amides is 1. The molecule has 0 aliphatic carbocycles. The third-order valence-electron chi connectivity index (χ3n) is 5.99. The largest absolute Gasteiger partial charge is 0.488 e. The molecule has 6 nitrogen and oxygen atoms in total. The van der Waals surface area contributed by atoms with Gasteiger partial charge in [-0.3, -0.25) is 4.79 Å². The predicted octanol–water partition coefficient (Wildman–Crippen LogP) is 4.47. The van der Waals surface area contributed by atoms with Crippen LogP contribution in [-0.2, 0) is 16.6 Å². The SMILES string of the molecule is Cc1cc(C)cc(S(=O)(=O)N2CCC(NC(=O)c3ccccc3OCc3ccccc3)CC2)c1. The molecule has 1 N–H and O–H groups in total. The van der Waals surface area contributed by atoms with Crippen LogP contribution in [0.25, 0.3) is 0 Å². The molecule has 178 valence electrons. The lowest BCUT2D eigenvalue weighted by Crippen LogP contribution is -2.46. The van der Waals surface area contributed by atoms with Gasteiger partial charge < -0.3 is 10.1 Å². The lowest BCUT2D eigenvalue weighted by Gasteiger charge is -2.31. The Labute approximate surface area is 201 Å². The van der Waals surface area contributed by atoms with Gasteiger partial charge in [0.05, 0.1) is 10.5 Å². The van der Waals surface area contributed by atoms with Gasteiger partial charge in [-0.05, 0) is 67.6 Å². The number of nitrogens with zero attached hydrogens (tertiary/aromatic N) is 1. The minimum atomic E-state index is -3.55. The average Bonchev–Trinajstić information content (AvgIpc) is 2.83. The van der Waals surface area contributed by atoms with Gasteiger partial charge in [0, 0.05) is 19.1 Å². The Morgan fingerprint density at radius 3 is 2.24 bits per heavy atom. The zero-order valence-electron chi connectivity index (χ0n) is 19.5. The molecule has 0 unspecified atom stereocenters. The van der Waals surface area contributed by atoms with Gasteiger partial charge in [-0.15, -0.1) is 0 Å². The first kappa shape index (κ1) is 24.0. The van der Waals surface area contributed by atoms with Crippen molar-refractivity contribution in [1.82, 2.24) is 9.62 Å². The number of sulfonamides is 1. The first-order valence-electron chi connectivity index (χ1n) is 11.5. The van der Waals surface area contributed by atoms with Crippen molar-refractivity contribution in [2.24, 2.45) is 0 Å². The summed E-state index contributed by atoms with van der Waals surface area (Å²) >= 11 is 0. The summed E-state index contributed by atoms with van der Waals surface area (Å²) in [6.45, 7) is 4.91. The van der Waals surface area contributed by atoms with Crippen molar-refractivity contribution >= 4 is 15.9 Å². The molecule has 0 atom stereocenters. The predicted molar refractivity (Wildman–Crippen MR) is 132 cm³/mol. The molecule has 1 aliphatic rings. The van der Waals surface area contributed by atoms with Crippen LogP contribution < -0.4 is 10.1 Å². The third kappa shape index (κ3) is 5.66. The summed E-state index contributed by atoms with van der Waals surface area (Å²) in [5, 5.41) is 3.06. The molecule has 0 radical (unpaired) electrons. The number of carbonyl (C=O) groups is 1. The van der Waals surface area contributed by atoms with E-state index in [0.717, 1.165) is 16.7 Å². The molecular weight excluding hydrogens is 448 g/mol. The van der Waals surface area contributed by atoms with Gasteiger partial charge in [0.2, 0.25) is 10.0 Å². The molecule has 0 aromatic heterocycles. The van der Waals surface area contributed by atoms with E-state index in [0.29, 0.717) is 48.7 Å². The summed E-state index contributed by atoms with van der Waals surface area (Å²) in [7, 11) is -3.55. The number of rotatable bonds is 7. The van der Waals surface area contributed by atoms with Crippen LogP contribution in [0.5, 0.6) is 5.75 Å². The van der Waals surface area contributed by atoms with E-state index in [9.17, 15) is 13.2 Å². The van der Waals surface area contributed by atoms with Crippen molar-refractivity contribution in [1.29, 1.82) is 0 Å². The number of para-hydroxylation sites is 1. The van der Waals surface area contributed by atoms with E-state index in [1.54, 1.807) is 24.3 Å². The van der Waals surface area contributed by atoms with Gasteiger partial charge in [0.1, 0.15) is 12.4 Å². The van der Waals surface area contributed by atoms with Gasteiger partial charge in [0.25, 0.3) is 5.91 Å². The molecule has 7 heteroatoms. The molecule has 4 rings (SSSR count). The molecule has 0 saturated carbocycles. The van der Waals surface area contributed by atoms with Crippen LogP contribution in [0.3, 0.4) is 0 Å². The zero-order valence-corrected chi connectivity index (χ0v) is 20.3. The maximum absolute atomic E-state index is 13.1. The maximum Gasteiger partial charge on any atom is 0.255 e. The fraction of sp³-hybridized carbons (Fsp3) is 0.296. The summed E-state index contributed by atoms with van der Waals surface area (Å²) < 4.78 is 33.6. The summed E-state index contributed by atoms with van der Waals surface area (Å²) in [5.41, 5.74) is 3.35. The first-order chi connectivity index (χ1) is 16.3. The summed E-state index contributed by atoms with van der Waals surface area (Å²) in [4.78, 5) is 13.3. The van der Waals surface area contributed by atoms with Crippen LogP contribution in [0.1, 0.15) is 39.9 Å². The number of benzene rings is 3. The second-order valence-corrected chi connectivity index (χ2v) is 10.7. The first-order valence-corrected chi connectivity index (χ1v) is 12.9. The van der Waals surface area contributed by atoms with Crippen LogP contribution in [0.15, 0.2) is 77.7 Å². The lowest BCUT2D eigenvalue weighted by atomic mass is 10.1. The highest BCUT2D eigenvalue weighted by atomic mass is 32.2. The molecule has 3 aromatic carbocycles. The number of nitrogens with one attached hydrogen (secondary N) is 1. The van der Waals surface area contributed by atoms with Crippen LogP contribution >= 0.6 is 0 Å². The fourth-order valence-electron chi connectivity index (χ4n) is 4.25. The highest BCUT2D eigenvalue weighted by Crippen LogP contribution is 2.24. The van der Waals surface area contributed by atoms with E-state index in [2.05, 4.69) is 5.32 Å². The van der Waals surface area contributed by atoms with E-state index in [1.807, 2.05) is 62.4 Å². The number of hydrogen-bond donors (Lipinski definition) is 1. The molecule has 1 fully saturated rings. The monoisotopic (exact) mass is 478 g/mol. The molecule has 34 heavy (non-hydrogen) atoms. The van der Waals surface area contributed by atoms with E-state index in [4.69, 9.17) is 4.74 Å². The van der Waals surface area contributed by atoms with Gasteiger partial charge in [-0.25, -0.2) is 8.42 Å². The Kier molecular flexibility index (Phi) is 7.34. The molecular formula is C27H30N2O4S. The van der Waals surface area contributed by atoms with Crippen molar-refractivity contribution in [3.63, 3.8) is 0 Å². The van der Waals surface area contributed by atoms with Gasteiger partial charge in [-0.1, -0.05) is 48.5 Å². The minimum absolute atomic E-state index is 0.0969. The molecule has 1 saturated heterocycles. The molecule has 1 amide bonds. The van der Waals surface area contributed by atoms with Crippen molar-refractivity contribution in [2.75, 3.05) is 13.1 Å². The standard InChI is InChI=1S/C27H30N2O4S/c1-20-16-21(2)18-24(17-20)34(31,32)29-14-12-23(13-15-29)28-27(30)25-10-6-7-11-26(25)33-19-22-8-4-3-5-9-22/h3-11,16-18,23H,12-15,19H2,1-2H3,(H,28,30). The van der Waals surface area contributed by atoms with Crippen LogP contribution in [0.2, 0.25) is 0 Å². The van der Waals surface area contributed by atoms with E-state index in [1.165, 1.54) is 4.31 Å².